The molecule has 1 aromatic heterocycles. The van der Waals surface area contributed by atoms with Crippen LogP contribution in [0.15, 0.2) is 120 Å². The van der Waals surface area contributed by atoms with Crippen LogP contribution < -0.4 is 9.47 Å². The van der Waals surface area contributed by atoms with E-state index in [-0.39, 0.29) is 45.8 Å². The van der Waals surface area contributed by atoms with Crippen LogP contribution in [0.3, 0.4) is 0 Å². The number of nitriles is 2. The molecule has 0 saturated carbocycles. The molecule has 0 saturated heterocycles. The van der Waals surface area contributed by atoms with Crippen molar-refractivity contribution in [2.75, 3.05) is 14.2 Å². The van der Waals surface area contributed by atoms with Gasteiger partial charge in [-0.3, -0.25) is 0 Å². The maximum absolute atomic E-state index is 14.7. The van der Waals surface area contributed by atoms with Crippen LogP contribution >= 0.6 is 0 Å². The van der Waals surface area contributed by atoms with Crippen molar-refractivity contribution in [2.45, 2.75) is 45.5 Å². The van der Waals surface area contributed by atoms with Crippen LogP contribution in [-0.4, -0.2) is 31.3 Å². The van der Waals surface area contributed by atoms with Crippen LogP contribution in [0.4, 0.5) is 52.7 Å². The molecule has 7 rings (SSSR count). The number of halogens is 12. The van der Waals surface area contributed by atoms with Crippen molar-refractivity contribution in [3.8, 4) is 45.8 Å². The lowest BCUT2D eigenvalue weighted by Crippen LogP contribution is -2.25. The van der Waals surface area contributed by atoms with E-state index in [1.807, 2.05) is 11.9 Å². The number of nitrogens with zero attached hydrogens (tertiary/aromatic N) is 4. The van der Waals surface area contributed by atoms with E-state index in [9.17, 15) is 63.2 Å². The molecule has 69 heavy (non-hydrogen) atoms. The van der Waals surface area contributed by atoms with E-state index in [4.69, 9.17) is 14.5 Å². The minimum atomic E-state index is -5.37. The Morgan fingerprint density at radius 2 is 0.971 bits per heavy atom. The van der Waals surface area contributed by atoms with Gasteiger partial charge in [0, 0.05) is 33.7 Å². The van der Waals surface area contributed by atoms with Gasteiger partial charge in [-0.25, -0.2) is 15.5 Å². The van der Waals surface area contributed by atoms with Gasteiger partial charge in [-0.2, -0.15) is 52.7 Å². The molecule has 2 heterocycles. The molecule has 6 aromatic rings. The summed E-state index contributed by atoms with van der Waals surface area (Å²) in [5, 5.41) is 21.4. The van der Waals surface area contributed by atoms with Crippen LogP contribution in [0, 0.1) is 43.2 Å². The number of hydrogen-bond donors (Lipinski definition) is 0. The Morgan fingerprint density at radius 1 is 0.551 bits per heavy atom. The van der Waals surface area contributed by atoms with E-state index in [1.54, 1.807) is 32.9 Å². The molecule has 0 atom stereocenters. The smallest absolute Gasteiger partial charge is 0.496 e. The van der Waals surface area contributed by atoms with Gasteiger partial charge in [0.05, 0.1) is 59.8 Å². The second-order valence-corrected chi connectivity index (χ2v) is 15.9. The molecule has 19 heteroatoms. The lowest BCUT2D eigenvalue weighted by molar-refractivity contribution is -0.144. The minimum Gasteiger partial charge on any atom is -0.497 e. The fourth-order valence-electron chi connectivity index (χ4n) is 8.28. The van der Waals surface area contributed by atoms with Gasteiger partial charge >= 0.3 is 31.6 Å². The highest BCUT2D eigenvalue weighted by Crippen LogP contribution is 2.50. The monoisotopic (exact) mass is 960 g/mol. The molecule has 1 aliphatic rings. The van der Waals surface area contributed by atoms with E-state index in [2.05, 4.69) is 0 Å². The van der Waals surface area contributed by atoms with Crippen molar-refractivity contribution in [3.05, 3.63) is 176 Å². The Kier molecular flexibility index (Phi) is 12.9. The third kappa shape index (κ3) is 9.86. The summed E-state index contributed by atoms with van der Waals surface area (Å²) in [5.74, 6) is 4.32. The Morgan fingerprint density at radius 3 is 1.38 bits per heavy atom. The Bertz CT molecular complexity index is 3080. The lowest BCUT2D eigenvalue weighted by atomic mass is 9.65. The van der Waals surface area contributed by atoms with Gasteiger partial charge in [0.25, 0.3) is 0 Å². The number of aliphatic imine (C=N–C) groups is 1. The molecular formula is C50H33BF12N4O2. The third-order valence-electron chi connectivity index (χ3n) is 11.3. The summed E-state index contributed by atoms with van der Waals surface area (Å²) in [6.07, 6.45) is -20.2. The number of ether oxygens (including phenoxy) is 2. The molecule has 0 unspecified atom stereocenters. The molecule has 5 aromatic carbocycles. The van der Waals surface area contributed by atoms with Crippen LogP contribution in [-0.2, 0) is 24.7 Å². The number of alkyl halides is 12. The second-order valence-electron chi connectivity index (χ2n) is 15.9. The molecule has 0 radical (unpaired) electrons. The van der Waals surface area contributed by atoms with E-state index in [0.29, 0.717) is 52.5 Å². The number of methoxy groups -OCH3 is 2. The zero-order valence-corrected chi connectivity index (χ0v) is 36.6. The van der Waals surface area contributed by atoms with Gasteiger partial charge in [0.15, 0.2) is 0 Å². The quantitative estimate of drug-likeness (QED) is 0.107. The summed E-state index contributed by atoms with van der Waals surface area (Å²) in [7, 11) is 2.72. The topological polar surface area (TPSA) is 83.3 Å². The maximum Gasteiger partial charge on any atom is 0.496 e. The maximum atomic E-state index is 14.7. The number of allylic oxidation sites excluding steroid dienone is 2. The van der Waals surface area contributed by atoms with E-state index in [1.165, 1.54) is 68.8 Å². The summed E-state index contributed by atoms with van der Waals surface area (Å²) in [4.78, 5) is 4.86. The summed E-state index contributed by atoms with van der Waals surface area (Å²) >= 11 is 0. The van der Waals surface area contributed by atoms with Gasteiger partial charge in [-0.1, -0.05) is 17.7 Å². The van der Waals surface area contributed by atoms with Gasteiger partial charge in [0.1, 0.15) is 11.5 Å². The SMILES string of the molecule is COc1ccc(C2=N/C(=C(/c3c(C)cc(C)cc3C)c3c(-c4cc(C(F)(F)F)cc(C(F)(F)F)c4)cc(-c4ccc(OC)cc4)n3B(C#N)C#N)C(c3cc(C(F)(F)F)cc(C(F)(F)F)c3)=C2)cc1. The predicted octanol–water partition coefficient (Wildman–Crippen LogP) is 14.2. The van der Waals surface area contributed by atoms with Gasteiger partial charge < -0.3 is 14.0 Å². The average Bonchev–Trinajstić information content (AvgIpc) is 3.90. The third-order valence-corrected chi connectivity index (χ3v) is 11.3. The highest BCUT2D eigenvalue weighted by Gasteiger charge is 2.41. The first-order valence-corrected chi connectivity index (χ1v) is 20.3. The summed E-state index contributed by atoms with van der Waals surface area (Å²) in [5.41, 5.74) is -8.64. The molecule has 0 aliphatic carbocycles. The predicted molar refractivity (Wildman–Crippen MR) is 235 cm³/mol. The zero-order chi connectivity index (χ0) is 50.5. The van der Waals surface area contributed by atoms with Crippen molar-refractivity contribution in [3.63, 3.8) is 0 Å². The largest absolute Gasteiger partial charge is 0.497 e. The Labute approximate surface area is 386 Å². The molecule has 0 fully saturated rings. The summed E-state index contributed by atoms with van der Waals surface area (Å²) < 4.78 is 187. The van der Waals surface area contributed by atoms with Crippen LogP contribution in [0.5, 0.6) is 11.5 Å². The van der Waals surface area contributed by atoms with Gasteiger partial charge in [-0.05, 0) is 151 Å². The normalized spacial score (nSPS) is 13.9. The molecule has 0 N–H and O–H groups in total. The summed E-state index contributed by atoms with van der Waals surface area (Å²) in [6, 6.07) is 17.8. The van der Waals surface area contributed by atoms with Crippen molar-refractivity contribution < 1.29 is 62.2 Å². The molecule has 0 bridgehead atoms. The van der Waals surface area contributed by atoms with Crippen molar-refractivity contribution >= 4 is 23.7 Å². The molecule has 6 nitrogen and oxygen atoms in total. The molecule has 352 valence electrons. The molecule has 1 aliphatic heterocycles. The van der Waals surface area contributed by atoms with E-state index >= 15 is 0 Å². The van der Waals surface area contributed by atoms with E-state index < -0.39 is 87.5 Å². The Hall–Kier alpha value is -7.67. The minimum absolute atomic E-state index is 0.0564. The lowest BCUT2D eigenvalue weighted by Gasteiger charge is -2.24. The number of rotatable bonds is 9. The average molecular weight is 961 g/mol. The summed E-state index contributed by atoms with van der Waals surface area (Å²) in [6.45, 7) is 2.90. The first-order valence-electron chi connectivity index (χ1n) is 20.3. The number of benzene rings is 5. The fourth-order valence-corrected chi connectivity index (χ4v) is 8.28. The molecule has 0 spiro atoms. The first-order chi connectivity index (χ1) is 32.3. The first kappa shape index (κ1) is 49.2. The molecular weight excluding hydrogens is 927 g/mol. The fraction of sp³-hybridized carbons (Fsp3) is 0.180. The van der Waals surface area contributed by atoms with Crippen molar-refractivity contribution in [1.82, 2.24) is 4.48 Å². The van der Waals surface area contributed by atoms with Crippen LogP contribution in [0.25, 0.3) is 33.5 Å². The Balaban J connectivity index is 1.79. The van der Waals surface area contributed by atoms with Crippen molar-refractivity contribution in [1.29, 1.82) is 10.5 Å². The highest BCUT2D eigenvalue weighted by atomic mass is 19.4. The van der Waals surface area contributed by atoms with Crippen molar-refractivity contribution in [2.24, 2.45) is 4.99 Å². The molecule has 0 amide bonds. The van der Waals surface area contributed by atoms with E-state index in [0.717, 1.165) is 10.5 Å². The highest BCUT2D eigenvalue weighted by molar-refractivity contribution is 6.73. The standard InChI is InChI=1S/C50H33BF12N4O2/c1-26-14-27(2)43(28(3)15-26)44(45-39(22-41(66-45)29-6-10-37(68-4)11-7-29)31-16-33(47(52,53)54)20-34(17-31)48(55,56)57)46-40(32-18-35(49(58,59)60)21-36(19-32)50(61,62)63)23-42(67(46)51(24-64)25-65)30-8-12-38(69-5)13-9-30/h6-23H,1-5H3/b45-44-. The van der Waals surface area contributed by atoms with Gasteiger partial charge in [-0.15, -0.1) is 0 Å². The number of aryl methyl sites for hydroxylation is 3. The van der Waals surface area contributed by atoms with Gasteiger partial charge in [0.2, 0.25) is 0 Å². The van der Waals surface area contributed by atoms with Crippen LogP contribution in [0.2, 0.25) is 0 Å². The number of hydrogen-bond acceptors (Lipinski definition) is 5. The second kappa shape index (κ2) is 18.1. The number of aromatic nitrogens is 1. The zero-order valence-electron chi connectivity index (χ0n) is 36.6. The van der Waals surface area contributed by atoms with Crippen LogP contribution in [0.1, 0.15) is 61.3 Å².